The molecule has 1 aliphatic heterocycles. The fourth-order valence-electron chi connectivity index (χ4n) is 5.74. The van der Waals surface area contributed by atoms with Gasteiger partial charge in [-0.15, -0.1) is 6.58 Å². The van der Waals surface area contributed by atoms with Gasteiger partial charge < -0.3 is 14.8 Å². The molecular weight excluding hydrogens is 462 g/mol. The predicted molar refractivity (Wildman–Crippen MR) is 145 cm³/mol. The molecule has 37 heavy (non-hydrogen) atoms. The third-order valence-corrected chi connectivity index (χ3v) is 7.45. The lowest BCUT2D eigenvalue weighted by atomic mass is 9.71. The number of ether oxygens (including phenoxy) is 2. The number of hydrogen-bond donors (Lipinski definition) is 1. The van der Waals surface area contributed by atoms with Gasteiger partial charge in [-0.1, -0.05) is 42.0 Å². The first-order valence-electron chi connectivity index (χ1n) is 13.4. The summed E-state index contributed by atoms with van der Waals surface area (Å²) >= 11 is 0. The molecule has 0 amide bonds. The Labute approximate surface area is 219 Å². The van der Waals surface area contributed by atoms with E-state index in [4.69, 9.17) is 9.47 Å². The summed E-state index contributed by atoms with van der Waals surface area (Å²) in [4.78, 5) is 26.5. The van der Waals surface area contributed by atoms with Crippen LogP contribution in [0, 0.1) is 6.92 Å². The van der Waals surface area contributed by atoms with E-state index in [0.29, 0.717) is 44.0 Å². The van der Waals surface area contributed by atoms with Crippen molar-refractivity contribution in [2.45, 2.75) is 71.3 Å². The van der Waals surface area contributed by atoms with Gasteiger partial charge in [0, 0.05) is 46.9 Å². The summed E-state index contributed by atoms with van der Waals surface area (Å²) in [5.74, 6) is 1.21. The summed E-state index contributed by atoms with van der Waals surface area (Å²) in [5.41, 5.74) is 7.60. The van der Waals surface area contributed by atoms with E-state index in [1.165, 1.54) is 5.56 Å². The van der Waals surface area contributed by atoms with Crippen molar-refractivity contribution in [3.8, 4) is 11.5 Å². The molecule has 0 bridgehead atoms. The molecule has 0 atom stereocenters. The zero-order valence-corrected chi connectivity index (χ0v) is 21.8. The van der Waals surface area contributed by atoms with E-state index in [0.717, 1.165) is 64.9 Å². The molecule has 0 unspecified atom stereocenters. The molecule has 0 saturated heterocycles. The number of nitrogens with one attached hydrogen (secondary N) is 1. The van der Waals surface area contributed by atoms with Crippen LogP contribution in [0.1, 0.15) is 73.6 Å². The third-order valence-electron chi connectivity index (χ3n) is 7.45. The highest BCUT2D eigenvalue weighted by molar-refractivity contribution is 6.06. The second-order valence-electron chi connectivity index (χ2n) is 10.1. The van der Waals surface area contributed by atoms with Gasteiger partial charge in [0.25, 0.3) is 0 Å². The normalized spacial score (nSPS) is 17.8. The number of ketones is 2. The number of Topliss-reactive ketones (excluding diaryl/α,β-unsaturated/α-hetero) is 2. The molecule has 192 valence electrons. The molecule has 1 heterocycles. The maximum atomic E-state index is 13.3. The second-order valence-corrected chi connectivity index (χ2v) is 10.1. The first-order valence-corrected chi connectivity index (χ1v) is 13.4. The number of aryl methyl sites for hydroxylation is 1. The maximum Gasteiger partial charge on any atom is 0.165 e. The summed E-state index contributed by atoms with van der Waals surface area (Å²) in [7, 11) is 0. The van der Waals surface area contributed by atoms with Crippen molar-refractivity contribution >= 4 is 11.6 Å². The van der Waals surface area contributed by atoms with Crippen LogP contribution in [0.3, 0.4) is 0 Å². The van der Waals surface area contributed by atoms with Crippen molar-refractivity contribution in [3.63, 3.8) is 0 Å². The molecule has 0 aromatic heterocycles. The minimum atomic E-state index is -0.374. The van der Waals surface area contributed by atoms with Crippen molar-refractivity contribution in [1.29, 1.82) is 0 Å². The van der Waals surface area contributed by atoms with Crippen LogP contribution in [-0.2, 0) is 22.6 Å². The highest BCUT2D eigenvalue weighted by Crippen LogP contribution is 2.47. The zero-order valence-electron chi connectivity index (χ0n) is 21.8. The van der Waals surface area contributed by atoms with Crippen molar-refractivity contribution in [2.24, 2.45) is 0 Å². The molecule has 5 heteroatoms. The molecule has 3 aliphatic rings. The molecule has 0 fully saturated rings. The van der Waals surface area contributed by atoms with E-state index in [-0.39, 0.29) is 17.5 Å². The third kappa shape index (κ3) is 5.00. The molecular formula is C32H35NO4. The zero-order chi connectivity index (χ0) is 25.9. The van der Waals surface area contributed by atoms with Gasteiger partial charge in [-0.25, -0.2) is 0 Å². The van der Waals surface area contributed by atoms with Crippen LogP contribution < -0.4 is 14.8 Å². The fraction of sp³-hybridized carbons (Fsp3) is 0.375. The fourth-order valence-corrected chi connectivity index (χ4v) is 5.74. The van der Waals surface area contributed by atoms with E-state index >= 15 is 0 Å². The van der Waals surface area contributed by atoms with Crippen molar-refractivity contribution in [1.82, 2.24) is 5.32 Å². The first kappa shape index (κ1) is 25.1. The van der Waals surface area contributed by atoms with Crippen LogP contribution in [0.5, 0.6) is 11.5 Å². The Morgan fingerprint density at radius 3 is 2.19 bits per heavy atom. The van der Waals surface area contributed by atoms with E-state index in [9.17, 15) is 9.59 Å². The summed E-state index contributed by atoms with van der Waals surface area (Å²) < 4.78 is 12.5. The highest BCUT2D eigenvalue weighted by atomic mass is 16.5. The topological polar surface area (TPSA) is 64.6 Å². The molecule has 2 aliphatic carbocycles. The van der Waals surface area contributed by atoms with Gasteiger partial charge in [0.2, 0.25) is 0 Å². The summed E-state index contributed by atoms with van der Waals surface area (Å²) in [6.45, 7) is 8.87. The van der Waals surface area contributed by atoms with Crippen molar-refractivity contribution in [3.05, 3.63) is 93.8 Å². The van der Waals surface area contributed by atoms with Gasteiger partial charge in [0.05, 0.1) is 6.61 Å². The standard InChI is InChI=1S/C32H35NO4/c1-4-8-22-17-23(18-28(36-5-2)32(22)37-19-21-15-13-20(3)14-16-21)29-30-24(9-6-11-26(30)34)33-25-10-7-12-27(35)31(25)29/h4,13-18,29,33H,1,5-12,19H2,2-3H3. The van der Waals surface area contributed by atoms with Crippen LogP contribution in [0.2, 0.25) is 0 Å². The molecule has 0 radical (unpaired) electrons. The lowest BCUT2D eigenvalue weighted by Gasteiger charge is -2.37. The van der Waals surface area contributed by atoms with E-state index in [1.807, 2.05) is 19.1 Å². The number of allylic oxidation sites excluding steroid dienone is 5. The van der Waals surface area contributed by atoms with Crippen molar-refractivity contribution < 1.29 is 19.1 Å². The average molecular weight is 498 g/mol. The lowest BCUT2D eigenvalue weighted by Crippen LogP contribution is -2.36. The van der Waals surface area contributed by atoms with Crippen molar-refractivity contribution in [2.75, 3.05) is 6.61 Å². The molecule has 0 spiro atoms. The minimum Gasteiger partial charge on any atom is -0.490 e. The second kappa shape index (κ2) is 10.8. The minimum absolute atomic E-state index is 0.131. The van der Waals surface area contributed by atoms with Gasteiger partial charge in [-0.05, 0) is 63.1 Å². The summed E-state index contributed by atoms with van der Waals surface area (Å²) in [6, 6.07) is 12.4. The molecule has 2 aromatic rings. The molecule has 0 saturated carbocycles. The van der Waals surface area contributed by atoms with E-state index < -0.39 is 0 Å². The van der Waals surface area contributed by atoms with Crippen LogP contribution in [0.15, 0.2) is 71.6 Å². The lowest BCUT2D eigenvalue weighted by molar-refractivity contribution is -0.117. The first-order chi connectivity index (χ1) is 18.0. The Kier molecular flexibility index (Phi) is 7.31. The summed E-state index contributed by atoms with van der Waals surface area (Å²) in [5, 5.41) is 3.50. The van der Waals surface area contributed by atoms with Gasteiger partial charge in [0.15, 0.2) is 23.1 Å². The Morgan fingerprint density at radius 1 is 0.946 bits per heavy atom. The monoisotopic (exact) mass is 497 g/mol. The van der Waals surface area contributed by atoms with Crippen LogP contribution in [-0.4, -0.2) is 18.2 Å². The number of rotatable bonds is 8. The number of hydrogen-bond acceptors (Lipinski definition) is 5. The van der Waals surface area contributed by atoms with Gasteiger partial charge >= 0.3 is 0 Å². The highest BCUT2D eigenvalue weighted by Gasteiger charge is 2.40. The average Bonchev–Trinajstić information content (AvgIpc) is 2.88. The molecule has 5 nitrogen and oxygen atoms in total. The largest absolute Gasteiger partial charge is 0.490 e. The molecule has 5 rings (SSSR count). The molecule has 2 aromatic carbocycles. The Hall–Kier alpha value is -3.60. The molecule has 1 N–H and O–H groups in total. The Morgan fingerprint density at radius 2 is 1.59 bits per heavy atom. The summed E-state index contributed by atoms with van der Waals surface area (Å²) in [6.07, 6.45) is 6.81. The maximum absolute atomic E-state index is 13.3. The smallest absolute Gasteiger partial charge is 0.165 e. The Bertz CT molecular complexity index is 1260. The van der Waals surface area contributed by atoms with Crippen LogP contribution in [0.25, 0.3) is 0 Å². The quantitative estimate of drug-likeness (QED) is 0.428. The number of carbonyl (C=O) groups excluding carboxylic acids is 2. The van der Waals surface area contributed by atoms with Crippen LogP contribution >= 0.6 is 0 Å². The van der Waals surface area contributed by atoms with E-state index in [1.54, 1.807) is 0 Å². The number of dihydropyridines is 1. The Balaban J connectivity index is 1.61. The predicted octanol–water partition coefficient (Wildman–Crippen LogP) is 6.40. The van der Waals surface area contributed by atoms with E-state index in [2.05, 4.69) is 49.2 Å². The SMILES string of the molecule is C=CCc1cc(C2C3=C(CCCC3=O)NC3=C2C(=O)CCC3)cc(OCC)c1OCc1ccc(C)cc1. The number of carbonyl (C=O) groups is 2. The number of benzene rings is 2. The van der Waals surface area contributed by atoms with Gasteiger partial charge in [-0.3, -0.25) is 9.59 Å². The van der Waals surface area contributed by atoms with Crippen LogP contribution in [0.4, 0.5) is 0 Å². The van der Waals surface area contributed by atoms with Gasteiger partial charge in [-0.2, -0.15) is 0 Å². The van der Waals surface area contributed by atoms with Gasteiger partial charge in [0.1, 0.15) is 6.61 Å².